The van der Waals surface area contributed by atoms with Crippen molar-refractivity contribution in [1.29, 1.82) is 0 Å². The van der Waals surface area contributed by atoms with Crippen molar-refractivity contribution in [2.24, 2.45) is 0 Å². The monoisotopic (exact) mass is 348 g/mol. The standard InChI is InChI=1S/C22H20O4/c1-17-7-9-19(10-8-17)25-16-22(23)26-21-13-11-20(12-14-21)24-15-18-5-3-2-4-6-18/h2-14H,15-16H2,1H3. The van der Waals surface area contributed by atoms with Gasteiger partial charge in [0.05, 0.1) is 0 Å². The van der Waals surface area contributed by atoms with Gasteiger partial charge in [0.2, 0.25) is 0 Å². The molecule has 0 spiro atoms. The molecule has 4 nitrogen and oxygen atoms in total. The van der Waals surface area contributed by atoms with Crippen LogP contribution in [0.4, 0.5) is 0 Å². The average Bonchev–Trinajstić information content (AvgIpc) is 2.68. The molecule has 0 saturated carbocycles. The number of ether oxygens (including phenoxy) is 3. The van der Waals surface area contributed by atoms with Gasteiger partial charge in [-0.3, -0.25) is 0 Å². The summed E-state index contributed by atoms with van der Waals surface area (Å²) >= 11 is 0. The number of hydrogen-bond donors (Lipinski definition) is 0. The molecule has 0 N–H and O–H groups in total. The molecule has 3 aromatic carbocycles. The minimum absolute atomic E-state index is 0.144. The van der Waals surface area contributed by atoms with Crippen LogP contribution in [0, 0.1) is 6.92 Å². The molecule has 0 aliphatic rings. The van der Waals surface area contributed by atoms with Crippen molar-refractivity contribution >= 4 is 5.97 Å². The van der Waals surface area contributed by atoms with Crippen LogP contribution < -0.4 is 14.2 Å². The second kappa shape index (κ2) is 8.72. The van der Waals surface area contributed by atoms with Crippen molar-refractivity contribution < 1.29 is 19.0 Å². The molecule has 26 heavy (non-hydrogen) atoms. The van der Waals surface area contributed by atoms with E-state index in [4.69, 9.17) is 14.2 Å². The highest BCUT2D eigenvalue weighted by molar-refractivity contribution is 5.74. The van der Waals surface area contributed by atoms with E-state index in [2.05, 4.69) is 0 Å². The first-order valence-electron chi connectivity index (χ1n) is 8.36. The van der Waals surface area contributed by atoms with Crippen LogP contribution in [0.25, 0.3) is 0 Å². The number of aryl methyl sites for hydroxylation is 1. The Labute approximate surface area is 153 Å². The topological polar surface area (TPSA) is 44.8 Å². The summed E-state index contributed by atoms with van der Waals surface area (Å²) < 4.78 is 16.4. The molecule has 0 aliphatic heterocycles. The molecular formula is C22H20O4. The smallest absolute Gasteiger partial charge is 0.349 e. The zero-order chi connectivity index (χ0) is 18.2. The van der Waals surface area contributed by atoms with Gasteiger partial charge in [-0.15, -0.1) is 0 Å². The van der Waals surface area contributed by atoms with Crippen molar-refractivity contribution in [1.82, 2.24) is 0 Å². The fraction of sp³-hybridized carbons (Fsp3) is 0.136. The predicted octanol–water partition coefficient (Wildman–Crippen LogP) is 4.56. The van der Waals surface area contributed by atoms with Crippen molar-refractivity contribution in [3.05, 3.63) is 90.0 Å². The lowest BCUT2D eigenvalue weighted by Gasteiger charge is -2.09. The fourth-order valence-corrected chi connectivity index (χ4v) is 2.28. The van der Waals surface area contributed by atoms with Crippen LogP contribution >= 0.6 is 0 Å². The van der Waals surface area contributed by atoms with Gasteiger partial charge in [-0.05, 0) is 48.9 Å². The van der Waals surface area contributed by atoms with E-state index < -0.39 is 5.97 Å². The number of carbonyl (C=O) groups excluding carboxylic acids is 1. The quantitative estimate of drug-likeness (QED) is 0.464. The lowest BCUT2D eigenvalue weighted by atomic mass is 10.2. The van der Waals surface area contributed by atoms with Gasteiger partial charge in [-0.2, -0.15) is 0 Å². The molecule has 0 radical (unpaired) electrons. The number of esters is 1. The normalized spacial score (nSPS) is 10.2. The summed E-state index contributed by atoms with van der Waals surface area (Å²) in [5.74, 6) is 1.35. The summed E-state index contributed by atoms with van der Waals surface area (Å²) in [6.07, 6.45) is 0. The summed E-state index contributed by atoms with van der Waals surface area (Å²) in [5, 5.41) is 0. The highest BCUT2D eigenvalue weighted by Crippen LogP contribution is 2.19. The maximum Gasteiger partial charge on any atom is 0.349 e. The van der Waals surface area contributed by atoms with Gasteiger partial charge < -0.3 is 14.2 Å². The van der Waals surface area contributed by atoms with Gasteiger partial charge in [-0.1, -0.05) is 48.0 Å². The van der Waals surface area contributed by atoms with E-state index in [1.54, 1.807) is 24.3 Å². The van der Waals surface area contributed by atoms with E-state index in [1.165, 1.54) is 0 Å². The lowest BCUT2D eigenvalue weighted by molar-refractivity contribution is -0.136. The molecule has 132 valence electrons. The van der Waals surface area contributed by atoms with Gasteiger partial charge in [0, 0.05) is 0 Å². The van der Waals surface area contributed by atoms with E-state index >= 15 is 0 Å². The van der Waals surface area contributed by atoms with Gasteiger partial charge in [0.1, 0.15) is 23.9 Å². The van der Waals surface area contributed by atoms with Crippen LogP contribution in [0.15, 0.2) is 78.9 Å². The van der Waals surface area contributed by atoms with E-state index in [1.807, 2.05) is 61.5 Å². The third kappa shape index (κ3) is 5.38. The average molecular weight is 348 g/mol. The lowest BCUT2D eigenvalue weighted by Crippen LogP contribution is -2.17. The highest BCUT2D eigenvalue weighted by Gasteiger charge is 2.06. The van der Waals surface area contributed by atoms with Crippen LogP contribution in [0.1, 0.15) is 11.1 Å². The number of benzene rings is 3. The van der Waals surface area contributed by atoms with Crippen LogP contribution in [0.3, 0.4) is 0 Å². The molecule has 0 atom stereocenters. The Morgan fingerprint density at radius 2 is 1.31 bits per heavy atom. The Balaban J connectivity index is 1.45. The Kier molecular flexibility index (Phi) is 5.88. The van der Waals surface area contributed by atoms with E-state index in [-0.39, 0.29) is 6.61 Å². The highest BCUT2D eigenvalue weighted by atomic mass is 16.6. The molecule has 0 aromatic heterocycles. The van der Waals surface area contributed by atoms with Crippen LogP contribution in [-0.2, 0) is 11.4 Å². The first kappa shape index (κ1) is 17.5. The minimum Gasteiger partial charge on any atom is -0.489 e. The molecule has 3 rings (SSSR count). The van der Waals surface area contributed by atoms with Crippen molar-refractivity contribution in [3.63, 3.8) is 0 Å². The van der Waals surface area contributed by atoms with Crippen molar-refractivity contribution in [2.45, 2.75) is 13.5 Å². The second-order valence-corrected chi connectivity index (χ2v) is 5.82. The molecule has 0 heterocycles. The van der Waals surface area contributed by atoms with E-state index in [9.17, 15) is 4.79 Å². The first-order valence-corrected chi connectivity index (χ1v) is 8.36. The zero-order valence-electron chi connectivity index (χ0n) is 14.6. The van der Waals surface area contributed by atoms with Crippen molar-refractivity contribution in [2.75, 3.05) is 6.61 Å². The SMILES string of the molecule is Cc1ccc(OCC(=O)Oc2ccc(OCc3ccccc3)cc2)cc1. The van der Waals surface area contributed by atoms with E-state index in [0.717, 1.165) is 11.1 Å². The third-order valence-corrected chi connectivity index (χ3v) is 3.68. The van der Waals surface area contributed by atoms with Crippen LogP contribution in [0.2, 0.25) is 0 Å². The molecule has 0 saturated heterocycles. The predicted molar refractivity (Wildman–Crippen MR) is 99.5 cm³/mol. The molecule has 0 unspecified atom stereocenters. The fourth-order valence-electron chi connectivity index (χ4n) is 2.28. The third-order valence-electron chi connectivity index (χ3n) is 3.68. The maximum atomic E-state index is 11.9. The number of carbonyl (C=O) groups is 1. The minimum atomic E-state index is -0.455. The Morgan fingerprint density at radius 1 is 0.731 bits per heavy atom. The number of hydrogen-bond acceptors (Lipinski definition) is 4. The summed E-state index contributed by atoms with van der Waals surface area (Å²) in [6, 6.07) is 24.4. The Bertz CT molecular complexity index is 824. The first-order chi connectivity index (χ1) is 12.7. The second-order valence-electron chi connectivity index (χ2n) is 5.82. The van der Waals surface area contributed by atoms with Gasteiger partial charge >= 0.3 is 5.97 Å². The molecule has 0 bridgehead atoms. The molecule has 0 amide bonds. The Morgan fingerprint density at radius 3 is 2.00 bits per heavy atom. The summed E-state index contributed by atoms with van der Waals surface area (Å²) in [5.41, 5.74) is 2.23. The maximum absolute atomic E-state index is 11.9. The molecule has 0 aliphatic carbocycles. The summed E-state index contributed by atoms with van der Waals surface area (Å²) in [7, 11) is 0. The molecule has 3 aromatic rings. The van der Waals surface area contributed by atoms with Gasteiger partial charge in [0.15, 0.2) is 6.61 Å². The van der Waals surface area contributed by atoms with E-state index in [0.29, 0.717) is 23.9 Å². The zero-order valence-corrected chi connectivity index (χ0v) is 14.6. The summed E-state index contributed by atoms with van der Waals surface area (Å²) in [4.78, 5) is 11.9. The van der Waals surface area contributed by atoms with Crippen LogP contribution in [0.5, 0.6) is 17.2 Å². The molecule has 4 heteroatoms. The van der Waals surface area contributed by atoms with Crippen molar-refractivity contribution in [3.8, 4) is 17.2 Å². The molecule has 0 fully saturated rings. The van der Waals surface area contributed by atoms with Gasteiger partial charge in [0.25, 0.3) is 0 Å². The van der Waals surface area contributed by atoms with Crippen LogP contribution in [-0.4, -0.2) is 12.6 Å². The van der Waals surface area contributed by atoms with Gasteiger partial charge in [-0.25, -0.2) is 4.79 Å². The largest absolute Gasteiger partial charge is 0.489 e. The molecular weight excluding hydrogens is 328 g/mol. The summed E-state index contributed by atoms with van der Waals surface area (Å²) in [6.45, 7) is 2.34. The number of rotatable bonds is 7. The Hall–Kier alpha value is -3.27.